The average Bonchev–Trinajstić information content (AvgIpc) is 3.34. The van der Waals surface area contributed by atoms with Gasteiger partial charge in [0.1, 0.15) is 5.82 Å². The molecule has 0 N–H and O–H groups in total. The van der Waals surface area contributed by atoms with Crippen LogP contribution in [0.15, 0.2) is 59.5 Å². The van der Waals surface area contributed by atoms with Crippen molar-refractivity contribution in [1.82, 2.24) is 9.21 Å². The van der Waals surface area contributed by atoms with Gasteiger partial charge in [0.15, 0.2) is 0 Å². The number of carbonyl (C=O) groups is 1. The van der Waals surface area contributed by atoms with E-state index in [1.807, 2.05) is 4.90 Å². The van der Waals surface area contributed by atoms with Gasteiger partial charge in [-0.3, -0.25) is 4.79 Å². The van der Waals surface area contributed by atoms with Gasteiger partial charge < -0.3 is 9.80 Å². The number of para-hydroxylation sites is 1. The molecular formula is C23H26FN3O3S. The zero-order valence-corrected chi connectivity index (χ0v) is 18.1. The summed E-state index contributed by atoms with van der Waals surface area (Å²) in [5.74, 6) is -0.362. The van der Waals surface area contributed by atoms with E-state index < -0.39 is 10.0 Å². The largest absolute Gasteiger partial charge is 0.366 e. The Labute approximate surface area is 182 Å². The molecule has 2 aromatic rings. The Morgan fingerprint density at radius 2 is 1.52 bits per heavy atom. The van der Waals surface area contributed by atoms with Crippen LogP contribution in [0, 0.1) is 5.82 Å². The fraction of sp³-hybridized carbons (Fsp3) is 0.348. The van der Waals surface area contributed by atoms with Crippen LogP contribution in [-0.2, 0) is 14.8 Å². The van der Waals surface area contributed by atoms with Gasteiger partial charge in [-0.1, -0.05) is 24.3 Å². The highest BCUT2D eigenvalue weighted by Gasteiger charge is 2.27. The van der Waals surface area contributed by atoms with Crippen molar-refractivity contribution in [2.45, 2.75) is 17.7 Å². The lowest BCUT2D eigenvalue weighted by atomic mass is 10.2. The fourth-order valence-corrected chi connectivity index (χ4v) is 5.49. The number of rotatable bonds is 5. The quantitative estimate of drug-likeness (QED) is 0.667. The number of anilines is 1. The highest BCUT2D eigenvalue weighted by Crippen LogP contribution is 2.22. The Bertz CT molecular complexity index is 1060. The average molecular weight is 444 g/mol. The fourth-order valence-electron chi connectivity index (χ4n) is 3.98. The maximum Gasteiger partial charge on any atom is 0.246 e. The Hall–Kier alpha value is -2.71. The zero-order chi connectivity index (χ0) is 21.8. The second-order valence-electron chi connectivity index (χ2n) is 7.78. The van der Waals surface area contributed by atoms with Gasteiger partial charge in [-0.05, 0) is 48.7 Å². The second-order valence-corrected chi connectivity index (χ2v) is 9.72. The number of amides is 1. The molecule has 0 aromatic heterocycles. The van der Waals surface area contributed by atoms with Gasteiger partial charge in [0.2, 0.25) is 15.9 Å². The molecule has 0 saturated carbocycles. The topological polar surface area (TPSA) is 60.9 Å². The molecule has 0 spiro atoms. The number of hydrogen-bond acceptors (Lipinski definition) is 4. The van der Waals surface area contributed by atoms with Crippen LogP contribution in [0.25, 0.3) is 6.08 Å². The number of carbonyl (C=O) groups excluding carboxylic acids is 1. The molecule has 8 heteroatoms. The molecule has 4 rings (SSSR count). The van der Waals surface area contributed by atoms with E-state index in [1.165, 1.54) is 16.4 Å². The van der Waals surface area contributed by atoms with E-state index in [2.05, 4.69) is 0 Å². The van der Waals surface area contributed by atoms with Gasteiger partial charge in [0, 0.05) is 45.3 Å². The van der Waals surface area contributed by atoms with Gasteiger partial charge in [-0.2, -0.15) is 4.31 Å². The summed E-state index contributed by atoms with van der Waals surface area (Å²) in [5, 5.41) is 0. The van der Waals surface area contributed by atoms with E-state index in [9.17, 15) is 17.6 Å². The summed E-state index contributed by atoms with van der Waals surface area (Å²) in [5.41, 5.74) is 1.33. The van der Waals surface area contributed by atoms with Crippen LogP contribution in [0.4, 0.5) is 10.1 Å². The Balaban J connectivity index is 1.34. The molecule has 2 aromatic carbocycles. The van der Waals surface area contributed by atoms with E-state index >= 15 is 0 Å². The summed E-state index contributed by atoms with van der Waals surface area (Å²) in [4.78, 5) is 16.5. The van der Waals surface area contributed by atoms with Crippen molar-refractivity contribution in [3.05, 3.63) is 66.0 Å². The van der Waals surface area contributed by atoms with Crippen LogP contribution < -0.4 is 4.90 Å². The van der Waals surface area contributed by atoms with Crippen molar-refractivity contribution < 1.29 is 17.6 Å². The van der Waals surface area contributed by atoms with E-state index in [-0.39, 0.29) is 16.6 Å². The molecule has 6 nitrogen and oxygen atoms in total. The first-order chi connectivity index (χ1) is 14.9. The van der Waals surface area contributed by atoms with Crippen molar-refractivity contribution in [2.75, 3.05) is 44.2 Å². The summed E-state index contributed by atoms with van der Waals surface area (Å²) in [6, 6.07) is 13.3. The molecule has 2 fully saturated rings. The van der Waals surface area contributed by atoms with Crippen molar-refractivity contribution in [1.29, 1.82) is 0 Å². The summed E-state index contributed by atoms with van der Waals surface area (Å²) in [7, 11) is -3.43. The second kappa shape index (κ2) is 9.20. The SMILES string of the molecule is O=C(C=Cc1ccc(S(=O)(=O)N2CCCC2)cc1)N1CCN(c2ccccc2F)CC1. The van der Waals surface area contributed by atoms with E-state index in [0.29, 0.717) is 45.0 Å². The maximum atomic E-state index is 14.0. The molecule has 2 aliphatic rings. The highest BCUT2D eigenvalue weighted by atomic mass is 32.2. The number of nitrogens with zero attached hydrogens (tertiary/aromatic N) is 3. The van der Waals surface area contributed by atoms with Gasteiger partial charge in [0.05, 0.1) is 10.6 Å². The summed E-state index contributed by atoms with van der Waals surface area (Å²) in [6.07, 6.45) is 4.99. The molecule has 2 aliphatic heterocycles. The normalized spacial score (nSPS) is 18.1. The Morgan fingerprint density at radius 3 is 2.16 bits per heavy atom. The predicted molar refractivity (Wildman–Crippen MR) is 119 cm³/mol. The van der Waals surface area contributed by atoms with Gasteiger partial charge in [0.25, 0.3) is 0 Å². The third-order valence-corrected chi connectivity index (χ3v) is 7.70. The Morgan fingerprint density at radius 1 is 0.871 bits per heavy atom. The minimum Gasteiger partial charge on any atom is -0.366 e. The number of benzene rings is 2. The molecule has 0 aliphatic carbocycles. The maximum absolute atomic E-state index is 14.0. The smallest absolute Gasteiger partial charge is 0.246 e. The van der Waals surface area contributed by atoms with Gasteiger partial charge in [-0.25, -0.2) is 12.8 Å². The lowest BCUT2D eigenvalue weighted by molar-refractivity contribution is -0.126. The molecule has 2 heterocycles. The number of hydrogen-bond donors (Lipinski definition) is 0. The molecule has 0 radical (unpaired) electrons. The molecule has 0 bridgehead atoms. The lowest BCUT2D eigenvalue weighted by Crippen LogP contribution is -2.48. The van der Waals surface area contributed by atoms with Crippen LogP contribution in [-0.4, -0.2) is 62.8 Å². The first-order valence-corrected chi connectivity index (χ1v) is 12.0. The summed E-state index contributed by atoms with van der Waals surface area (Å²) >= 11 is 0. The van der Waals surface area contributed by atoms with Crippen LogP contribution in [0.5, 0.6) is 0 Å². The molecule has 164 valence electrons. The van der Waals surface area contributed by atoms with Crippen molar-refractivity contribution >= 4 is 27.7 Å². The van der Waals surface area contributed by atoms with E-state index in [0.717, 1.165) is 18.4 Å². The first-order valence-electron chi connectivity index (χ1n) is 10.5. The molecule has 31 heavy (non-hydrogen) atoms. The minimum absolute atomic E-state index is 0.109. The monoisotopic (exact) mass is 443 g/mol. The van der Waals surface area contributed by atoms with Crippen molar-refractivity contribution in [3.8, 4) is 0 Å². The number of sulfonamides is 1. The molecular weight excluding hydrogens is 417 g/mol. The first kappa shape index (κ1) is 21.5. The van der Waals surface area contributed by atoms with E-state index in [1.54, 1.807) is 53.4 Å². The molecule has 1 amide bonds. The predicted octanol–water partition coefficient (Wildman–Crippen LogP) is 2.97. The van der Waals surface area contributed by atoms with E-state index in [4.69, 9.17) is 0 Å². The van der Waals surface area contributed by atoms with Crippen molar-refractivity contribution in [3.63, 3.8) is 0 Å². The Kier molecular flexibility index (Phi) is 6.38. The lowest BCUT2D eigenvalue weighted by Gasteiger charge is -2.35. The molecule has 0 unspecified atom stereocenters. The minimum atomic E-state index is -3.43. The highest BCUT2D eigenvalue weighted by molar-refractivity contribution is 7.89. The summed E-state index contributed by atoms with van der Waals surface area (Å²) < 4.78 is 40.6. The van der Waals surface area contributed by atoms with Gasteiger partial charge in [-0.15, -0.1) is 0 Å². The standard InChI is InChI=1S/C23H26FN3O3S/c24-21-5-1-2-6-22(21)25-15-17-26(18-16-25)23(28)12-9-19-7-10-20(11-8-19)31(29,30)27-13-3-4-14-27/h1-2,5-12H,3-4,13-18H2. The van der Waals surface area contributed by atoms with Gasteiger partial charge >= 0.3 is 0 Å². The molecule has 0 atom stereocenters. The van der Waals surface area contributed by atoms with Crippen LogP contribution >= 0.6 is 0 Å². The number of halogens is 1. The molecule has 2 saturated heterocycles. The van der Waals surface area contributed by atoms with Crippen LogP contribution in [0.3, 0.4) is 0 Å². The number of piperazine rings is 1. The van der Waals surface area contributed by atoms with Crippen LogP contribution in [0.1, 0.15) is 18.4 Å². The zero-order valence-electron chi connectivity index (χ0n) is 17.3. The van der Waals surface area contributed by atoms with Crippen molar-refractivity contribution in [2.24, 2.45) is 0 Å². The van der Waals surface area contributed by atoms with Crippen LogP contribution in [0.2, 0.25) is 0 Å². The third-order valence-electron chi connectivity index (χ3n) is 5.79. The third kappa shape index (κ3) is 4.80. The summed E-state index contributed by atoms with van der Waals surface area (Å²) in [6.45, 7) is 3.33.